The number of methoxy groups -OCH3 is 1. The number of non-ortho nitro benzene ring substituents is 1. The van der Waals surface area contributed by atoms with E-state index in [-0.39, 0.29) is 11.5 Å². The number of urea groups is 1. The highest BCUT2D eigenvalue weighted by molar-refractivity contribution is 6.01. The fourth-order valence-corrected chi connectivity index (χ4v) is 5.28. The lowest BCUT2D eigenvalue weighted by Gasteiger charge is -2.31. The molecule has 0 bridgehead atoms. The number of primary amides is 1. The van der Waals surface area contributed by atoms with Crippen LogP contribution in [0.15, 0.2) is 78.9 Å². The lowest BCUT2D eigenvalue weighted by Crippen LogP contribution is -2.50. The number of carbonyl (C=O) groups excluding carboxylic acids is 3. The van der Waals surface area contributed by atoms with Crippen molar-refractivity contribution in [1.29, 1.82) is 0 Å². The Morgan fingerprint density at radius 3 is 2.13 bits per heavy atom. The molecule has 10 nitrogen and oxygen atoms in total. The number of benzene rings is 3. The standard InChI is InChI=1S/C29H30N4O6/c1-3-17-31-29(36)32-25(19-11-15-22(39-2)16-12-19)24(27(34)20-7-5-4-6-8-20)23(26(32)28(30)35)18-9-13-21(14-10-18)33(37)38/h4-16,23-26H,3,17H2,1-2H3,(H2,30,35)(H,31,36). The molecule has 4 rings (SSSR count). The predicted molar refractivity (Wildman–Crippen MR) is 144 cm³/mol. The van der Waals surface area contributed by atoms with E-state index >= 15 is 0 Å². The Morgan fingerprint density at radius 2 is 1.59 bits per heavy atom. The second-order valence-electron chi connectivity index (χ2n) is 9.33. The van der Waals surface area contributed by atoms with Crippen LogP contribution in [0.25, 0.3) is 0 Å². The second-order valence-corrected chi connectivity index (χ2v) is 9.33. The van der Waals surface area contributed by atoms with E-state index in [0.29, 0.717) is 35.4 Å². The van der Waals surface area contributed by atoms with Gasteiger partial charge in [0.2, 0.25) is 5.91 Å². The number of likely N-dealkylation sites (tertiary alicyclic amines) is 1. The fraction of sp³-hybridized carbons (Fsp3) is 0.276. The van der Waals surface area contributed by atoms with Gasteiger partial charge in [0.15, 0.2) is 5.78 Å². The van der Waals surface area contributed by atoms with E-state index in [1.807, 2.05) is 6.92 Å². The maximum Gasteiger partial charge on any atom is 0.318 e. The Kier molecular flexibility index (Phi) is 8.24. The Balaban J connectivity index is 1.96. The Morgan fingerprint density at radius 1 is 0.974 bits per heavy atom. The SMILES string of the molecule is CCCNC(=O)N1C(C(N)=O)C(c2ccc([N+](=O)[O-])cc2)C(C(=O)c2ccccc2)C1c1ccc(OC)cc1. The number of nitrogens with two attached hydrogens (primary N) is 1. The third-order valence-corrected chi connectivity index (χ3v) is 7.03. The minimum atomic E-state index is -1.20. The number of amides is 3. The van der Waals surface area contributed by atoms with Crippen molar-refractivity contribution in [3.8, 4) is 5.75 Å². The van der Waals surface area contributed by atoms with Gasteiger partial charge in [-0.15, -0.1) is 0 Å². The topological polar surface area (TPSA) is 145 Å². The Bertz CT molecular complexity index is 1340. The fourth-order valence-electron chi connectivity index (χ4n) is 5.28. The van der Waals surface area contributed by atoms with E-state index in [2.05, 4.69) is 5.32 Å². The first-order valence-electron chi connectivity index (χ1n) is 12.6. The molecule has 3 amide bonds. The van der Waals surface area contributed by atoms with E-state index in [1.54, 1.807) is 54.6 Å². The van der Waals surface area contributed by atoms with Gasteiger partial charge in [-0.05, 0) is 29.7 Å². The first-order valence-corrected chi connectivity index (χ1v) is 12.6. The molecule has 1 fully saturated rings. The zero-order valence-corrected chi connectivity index (χ0v) is 21.7. The van der Waals surface area contributed by atoms with Gasteiger partial charge in [-0.25, -0.2) is 4.79 Å². The molecule has 0 spiro atoms. The third-order valence-electron chi connectivity index (χ3n) is 7.03. The molecule has 0 aromatic heterocycles. The van der Waals surface area contributed by atoms with E-state index in [1.165, 1.54) is 36.3 Å². The van der Waals surface area contributed by atoms with Gasteiger partial charge in [0, 0.05) is 30.2 Å². The highest BCUT2D eigenvalue weighted by Gasteiger charge is 2.57. The van der Waals surface area contributed by atoms with Crippen molar-refractivity contribution in [2.24, 2.45) is 11.7 Å². The smallest absolute Gasteiger partial charge is 0.318 e. The van der Waals surface area contributed by atoms with Crippen LogP contribution in [0.4, 0.5) is 10.5 Å². The molecule has 4 unspecified atom stereocenters. The number of carbonyl (C=O) groups is 3. The number of nitro groups is 1. The molecule has 202 valence electrons. The second kappa shape index (κ2) is 11.8. The minimum absolute atomic E-state index is 0.137. The van der Waals surface area contributed by atoms with Crippen LogP contribution in [-0.4, -0.2) is 47.2 Å². The number of nitrogens with one attached hydrogen (secondary N) is 1. The Labute approximate surface area is 225 Å². The summed E-state index contributed by atoms with van der Waals surface area (Å²) in [6.07, 6.45) is 0.659. The molecule has 3 aromatic rings. The van der Waals surface area contributed by atoms with Gasteiger partial charge < -0.3 is 20.7 Å². The van der Waals surface area contributed by atoms with Crippen molar-refractivity contribution in [2.45, 2.75) is 31.3 Å². The highest BCUT2D eigenvalue weighted by atomic mass is 16.6. The monoisotopic (exact) mass is 530 g/mol. The average molecular weight is 531 g/mol. The zero-order valence-electron chi connectivity index (χ0n) is 21.7. The van der Waals surface area contributed by atoms with Gasteiger partial charge in [-0.3, -0.25) is 19.7 Å². The van der Waals surface area contributed by atoms with E-state index in [4.69, 9.17) is 10.5 Å². The Hall–Kier alpha value is -4.73. The van der Waals surface area contributed by atoms with Crippen LogP contribution in [0.3, 0.4) is 0 Å². The van der Waals surface area contributed by atoms with Crippen molar-refractivity contribution >= 4 is 23.4 Å². The van der Waals surface area contributed by atoms with Gasteiger partial charge in [0.1, 0.15) is 11.8 Å². The zero-order chi connectivity index (χ0) is 28.1. The summed E-state index contributed by atoms with van der Waals surface area (Å²) in [7, 11) is 1.53. The number of hydrogen-bond donors (Lipinski definition) is 2. The molecule has 0 radical (unpaired) electrons. The van der Waals surface area contributed by atoms with Crippen LogP contribution in [0.5, 0.6) is 5.75 Å². The van der Waals surface area contributed by atoms with E-state index < -0.39 is 40.8 Å². The van der Waals surface area contributed by atoms with Crippen LogP contribution in [0.2, 0.25) is 0 Å². The van der Waals surface area contributed by atoms with Crippen molar-refractivity contribution in [2.75, 3.05) is 13.7 Å². The largest absolute Gasteiger partial charge is 0.497 e. The molecule has 1 aliphatic heterocycles. The number of ether oxygens (including phenoxy) is 1. The lowest BCUT2D eigenvalue weighted by molar-refractivity contribution is -0.384. The van der Waals surface area contributed by atoms with Gasteiger partial charge in [0.25, 0.3) is 5.69 Å². The molecule has 0 aliphatic carbocycles. The van der Waals surface area contributed by atoms with Gasteiger partial charge in [-0.1, -0.05) is 61.5 Å². The van der Waals surface area contributed by atoms with Gasteiger partial charge in [0.05, 0.1) is 24.0 Å². The van der Waals surface area contributed by atoms with Gasteiger partial charge >= 0.3 is 6.03 Å². The summed E-state index contributed by atoms with van der Waals surface area (Å²) in [5, 5.41) is 14.1. The number of hydrogen-bond acceptors (Lipinski definition) is 6. The minimum Gasteiger partial charge on any atom is -0.497 e. The van der Waals surface area contributed by atoms with Crippen LogP contribution < -0.4 is 15.8 Å². The summed E-state index contributed by atoms with van der Waals surface area (Å²) in [5.74, 6) is -2.27. The maximum atomic E-state index is 14.2. The van der Waals surface area contributed by atoms with Crippen LogP contribution in [-0.2, 0) is 4.79 Å². The molecule has 39 heavy (non-hydrogen) atoms. The van der Waals surface area contributed by atoms with Gasteiger partial charge in [-0.2, -0.15) is 0 Å². The average Bonchev–Trinajstić information content (AvgIpc) is 3.32. The summed E-state index contributed by atoms with van der Waals surface area (Å²) < 4.78 is 5.29. The molecule has 1 saturated heterocycles. The predicted octanol–water partition coefficient (Wildman–Crippen LogP) is 4.22. The molecular formula is C29H30N4O6. The maximum absolute atomic E-state index is 14.2. The number of Topliss-reactive ketones (excluding diaryl/α,β-unsaturated/α-hetero) is 1. The number of rotatable bonds is 9. The summed E-state index contributed by atoms with van der Waals surface area (Å²) in [5.41, 5.74) is 7.33. The van der Waals surface area contributed by atoms with E-state index in [0.717, 1.165) is 0 Å². The molecule has 3 aromatic carbocycles. The summed E-state index contributed by atoms with van der Waals surface area (Å²) in [4.78, 5) is 53.1. The number of nitrogens with zero attached hydrogens (tertiary/aromatic N) is 2. The van der Waals surface area contributed by atoms with Crippen LogP contribution in [0, 0.1) is 16.0 Å². The van der Waals surface area contributed by atoms with E-state index in [9.17, 15) is 24.5 Å². The highest BCUT2D eigenvalue weighted by Crippen LogP contribution is 2.51. The van der Waals surface area contributed by atoms with Crippen LogP contribution in [0.1, 0.15) is 46.8 Å². The molecule has 0 saturated carbocycles. The molecular weight excluding hydrogens is 500 g/mol. The third kappa shape index (κ3) is 5.45. The van der Waals surface area contributed by atoms with Crippen molar-refractivity contribution < 1.29 is 24.0 Å². The number of nitro benzene ring substituents is 1. The number of ketones is 1. The van der Waals surface area contributed by atoms with Crippen LogP contribution >= 0.6 is 0 Å². The summed E-state index contributed by atoms with van der Waals surface area (Å²) in [6, 6.07) is 18.7. The molecule has 3 N–H and O–H groups in total. The quantitative estimate of drug-likeness (QED) is 0.241. The molecule has 4 atom stereocenters. The lowest BCUT2D eigenvalue weighted by atomic mass is 9.76. The van der Waals surface area contributed by atoms with Crippen molar-refractivity contribution in [3.05, 3.63) is 106 Å². The van der Waals surface area contributed by atoms with Crippen molar-refractivity contribution in [3.63, 3.8) is 0 Å². The molecule has 10 heteroatoms. The van der Waals surface area contributed by atoms with Crippen molar-refractivity contribution in [1.82, 2.24) is 10.2 Å². The molecule has 1 aliphatic rings. The summed E-state index contributed by atoms with van der Waals surface area (Å²) in [6.45, 7) is 2.26. The first kappa shape index (κ1) is 27.3. The summed E-state index contributed by atoms with van der Waals surface area (Å²) >= 11 is 0. The normalized spacial score (nSPS) is 20.3. The first-order chi connectivity index (χ1) is 18.8. The molecule has 1 heterocycles.